The largest absolute Gasteiger partial charge is 0.465 e. The number of benzene rings is 3. The standard InChI is InChI=1S/C31H38FNO4S/c1-20-15-23(12-13-25(20)30(35)36-5)27-10-8-7-9-26(27)21(2)37-19-24(34)18-33-31(3,4)17-22-11-14-29(38-6)28(32)16-22/h7-16,21,24,33-34H,17-19H2,1-6H3/t21-,24?/m1/s1. The maximum atomic E-state index is 14.2. The number of β-amino-alcohol motifs (C(OH)–C–C–N with tert-alkyl or cyclic N) is 1. The fraction of sp³-hybridized carbons (Fsp3) is 0.387. The molecule has 5 nitrogen and oxygen atoms in total. The molecule has 0 aliphatic heterocycles. The van der Waals surface area contributed by atoms with E-state index in [4.69, 9.17) is 9.47 Å². The van der Waals surface area contributed by atoms with Crippen LogP contribution >= 0.6 is 11.8 Å². The molecule has 0 radical (unpaired) electrons. The molecule has 7 heteroatoms. The van der Waals surface area contributed by atoms with E-state index in [1.165, 1.54) is 18.9 Å². The third-order valence-electron chi connectivity index (χ3n) is 6.56. The second kappa shape index (κ2) is 13.4. The van der Waals surface area contributed by atoms with Crippen molar-refractivity contribution in [1.29, 1.82) is 0 Å². The van der Waals surface area contributed by atoms with Crippen LogP contribution in [0.3, 0.4) is 0 Å². The van der Waals surface area contributed by atoms with Crippen molar-refractivity contribution in [3.63, 3.8) is 0 Å². The third kappa shape index (κ3) is 7.90. The van der Waals surface area contributed by atoms with Crippen LogP contribution in [0.5, 0.6) is 0 Å². The SMILES string of the molecule is COC(=O)c1ccc(-c2ccccc2[C@@H](C)OCC(O)CNC(C)(C)Cc2ccc(SC)c(F)c2)cc1C. The number of aliphatic hydroxyl groups excluding tert-OH is 1. The highest BCUT2D eigenvalue weighted by molar-refractivity contribution is 7.98. The fourth-order valence-electron chi connectivity index (χ4n) is 4.48. The Balaban J connectivity index is 1.59. The molecule has 0 aliphatic carbocycles. The Morgan fingerprint density at radius 1 is 1.13 bits per heavy atom. The summed E-state index contributed by atoms with van der Waals surface area (Å²) in [7, 11) is 1.38. The number of nitrogens with one attached hydrogen (secondary N) is 1. The summed E-state index contributed by atoms with van der Waals surface area (Å²) in [6.07, 6.45) is 1.52. The lowest BCUT2D eigenvalue weighted by atomic mass is 9.94. The van der Waals surface area contributed by atoms with Gasteiger partial charge in [0.1, 0.15) is 5.82 Å². The van der Waals surface area contributed by atoms with Crippen LogP contribution < -0.4 is 5.32 Å². The Morgan fingerprint density at radius 2 is 1.87 bits per heavy atom. The number of carbonyl (C=O) groups is 1. The Bertz CT molecular complexity index is 1250. The first-order valence-corrected chi connectivity index (χ1v) is 13.9. The van der Waals surface area contributed by atoms with Crippen LogP contribution in [0.1, 0.15) is 53.9 Å². The zero-order valence-electron chi connectivity index (χ0n) is 23.0. The predicted molar refractivity (Wildman–Crippen MR) is 152 cm³/mol. The molecule has 2 N–H and O–H groups in total. The van der Waals surface area contributed by atoms with Gasteiger partial charge in [-0.3, -0.25) is 0 Å². The maximum Gasteiger partial charge on any atom is 0.338 e. The number of carbonyl (C=O) groups excluding carboxylic acids is 1. The summed E-state index contributed by atoms with van der Waals surface area (Å²) in [6, 6.07) is 19.0. The summed E-state index contributed by atoms with van der Waals surface area (Å²) in [5.74, 6) is -0.562. The Labute approximate surface area is 229 Å². The molecule has 0 bridgehead atoms. The number of halogens is 1. The number of esters is 1. The maximum absolute atomic E-state index is 14.2. The van der Waals surface area contributed by atoms with Crippen LogP contribution in [0.25, 0.3) is 11.1 Å². The number of thioether (sulfide) groups is 1. The molecule has 0 saturated carbocycles. The highest BCUT2D eigenvalue weighted by Gasteiger charge is 2.21. The minimum Gasteiger partial charge on any atom is -0.465 e. The molecule has 204 valence electrons. The van der Waals surface area contributed by atoms with Gasteiger partial charge >= 0.3 is 5.97 Å². The molecule has 0 heterocycles. The van der Waals surface area contributed by atoms with Gasteiger partial charge in [0.15, 0.2) is 0 Å². The number of hydrogen-bond donors (Lipinski definition) is 2. The van der Waals surface area contributed by atoms with Gasteiger partial charge in [-0.05, 0) is 86.4 Å². The van der Waals surface area contributed by atoms with Crippen molar-refractivity contribution in [2.24, 2.45) is 0 Å². The van der Waals surface area contributed by atoms with Gasteiger partial charge in [0.25, 0.3) is 0 Å². The fourth-order valence-corrected chi connectivity index (χ4v) is 4.93. The molecule has 0 fully saturated rings. The Morgan fingerprint density at radius 3 is 2.53 bits per heavy atom. The first kappa shape index (κ1) is 29.8. The van der Waals surface area contributed by atoms with Crippen LogP contribution in [0.2, 0.25) is 0 Å². The van der Waals surface area contributed by atoms with Gasteiger partial charge in [0.2, 0.25) is 0 Å². The second-order valence-corrected chi connectivity index (χ2v) is 11.0. The van der Waals surface area contributed by atoms with E-state index in [1.54, 1.807) is 12.1 Å². The molecule has 0 aliphatic rings. The van der Waals surface area contributed by atoms with Crippen LogP contribution in [-0.4, -0.2) is 49.2 Å². The molecule has 3 aromatic carbocycles. The first-order chi connectivity index (χ1) is 18.0. The van der Waals surface area contributed by atoms with Gasteiger partial charge in [-0.2, -0.15) is 0 Å². The van der Waals surface area contributed by atoms with Gasteiger partial charge < -0.3 is 19.9 Å². The lowest BCUT2D eigenvalue weighted by Crippen LogP contribution is -2.46. The molecule has 2 atom stereocenters. The van der Waals surface area contributed by atoms with Crippen molar-refractivity contribution in [3.8, 4) is 11.1 Å². The average molecular weight is 540 g/mol. The van der Waals surface area contributed by atoms with Crippen LogP contribution in [0.15, 0.2) is 65.6 Å². The molecule has 0 amide bonds. The van der Waals surface area contributed by atoms with E-state index in [-0.39, 0.29) is 30.0 Å². The average Bonchev–Trinajstić information content (AvgIpc) is 2.90. The molecule has 1 unspecified atom stereocenters. The molecule has 0 saturated heterocycles. The quantitative estimate of drug-likeness (QED) is 0.206. The van der Waals surface area contributed by atoms with E-state index in [0.29, 0.717) is 23.4 Å². The van der Waals surface area contributed by atoms with Gasteiger partial charge in [0.05, 0.1) is 31.5 Å². The van der Waals surface area contributed by atoms with Crippen molar-refractivity contribution < 1.29 is 23.8 Å². The highest BCUT2D eigenvalue weighted by Crippen LogP contribution is 2.31. The van der Waals surface area contributed by atoms with E-state index < -0.39 is 6.10 Å². The van der Waals surface area contributed by atoms with E-state index in [1.807, 2.05) is 82.5 Å². The van der Waals surface area contributed by atoms with Gasteiger partial charge in [-0.15, -0.1) is 11.8 Å². The molecule has 3 aromatic rings. The number of ether oxygens (including phenoxy) is 2. The second-order valence-electron chi connectivity index (χ2n) is 10.1. The number of aryl methyl sites for hydroxylation is 1. The molecular formula is C31H38FNO4S. The van der Waals surface area contributed by atoms with Gasteiger partial charge in [0, 0.05) is 17.0 Å². The zero-order chi connectivity index (χ0) is 27.9. The van der Waals surface area contributed by atoms with E-state index in [9.17, 15) is 14.3 Å². The number of methoxy groups -OCH3 is 1. The summed E-state index contributed by atoms with van der Waals surface area (Å²) in [5.41, 5.74) is 4.93. The van der Waals surface area contributed by atoms with Crippen molar-refractivity contribution in [3.05, 3.63) is 88.7 Å². The Kier molecular flexibility index (Phi) is 10.5. The van der Waals surface area contributed by atoms with E-state index in [0.717, 1.165) is 27.8 Å². The molecule has 0 aromatic heterocycles. The predicted octanol–water partition coefficient (Wildman–Crippen LogP) is 6.36. The van der Waals surface area contributed by atoms with Crippen molar-refractivity contribution in [1.82, 2.24) is 5.32 Å². The monoisotopic (exact) mass is 539 g/mol. The van der Waals surface area contributed by atoms with Crippen LogP contribution in [0, 0.1) is 12.7 Å². The highest BCUT2D eigenvalue weighted by atomic mass is 32.2. The third-order valence-corrected chi connectivity index (χ3v) is 7.33. The summed E-state index contributed by atoms with van der Waals surface area (Å²) >= 11 is 1.39. The number of hydrogen-bond acceptors (Lipinski definition) is 6. The van der Waals surface area contributed by atoms with Crippen molar-refractivity contribution in [2.45, 2.75) is 56.8 Å². The van der Waals surface area contributed by atoms with Gasteiger partial charge in [-0.25, -0.2) is 9.18 Å². The minimum absolute atomic E-state index is 0.163. The van der Waals surface area contributed by atoms with Crippen LogP contribution in [0.4, 0.5) is 4.39 Å². The van der Waals surface area contributed by atoms with Crippen molar-refractivity contribution >= 4 is 17.7 Å². The first-order valence-electron chi connectivity index (χ1n) is 12.7. The Hall–Kier alpha value is -2.71. The summed E-state index contributed by atoms with van der Waals surface area (Å²) in [5, 5.41) is 14.0. The van der Waals surface area contributed by atoms with Crippen LogP contribution in [-0.2, 0) is 15.9 Å². The normalized spacial score (nSPS) is 13.3. The van der Waals surface area contributed by atoms with E-state index in [2.05, 4.69) is 5.32 Å². The molecular weight excluding hydrogens is 501 g/mol. The number of aliphatic hydroxyl groups is 1. The molecule has 38 heavy (non-hydrogen) atoms. The number of rotatable bonds is 12. The minimum atomic E-state index is -0.707. The topological polar surface area (TPSA) is 67.8 Å². The molecule has 0 spiro atoms. The van der Waals surface area contributed by atoms with Gasteiger partial charge in [-0.1, -0.05) is 42.5 Å². The zero-order valence-corrected chi connectivity index (χ0v) is 23.8. The smallest absolute Gasteiger partial charge is 0.338 e. The molecule has 3 rings (SSSR count). The summed E-state index contributed by atoms with van der Waals surface area (Å²) in [6.45, 7) is 8.43. The summed E-state index contributed by atoms with van der Waals surface area (Å²) < 4.78 is 25.1. The van der Waals surface area contributed by atoms with Crippen molar-refractivity contribution in [2.75, 3.05) is 26.5 Å². The lowest BCUT2D eigenvalue weighted by molar-refractivity contribution is -0.00397. The summed E-state index contributed by atoms with van der Waals surface area (Å²) in [4.78, 5) is 12.6. The van der Waals surface area contributed by atoms with E-state index >= 15 is 0 Å². The lowest BCUT2D eigenvalue weighted by Gasteiger charge is -2.28.